The number of carbonyl (C=O) groups is 2. The van der Waals surface area contributed by atoms with Crippen LogP contribution in [0.25, 0.3) is 0 Å². The normalized spacial score (nSPS) is 31.7. The number of rotatable bonds is 5. The average Bonchev–Trinajstić information content (AvgIpc) is 3.35. The molecule has 3 aliphatic carbocycles. The lowest BCUT2D eigenvalue weighted by Gasteiger charge is -2.23. The molecular formula is C18H23N3O3. The maximum absolute atomic E-state index is 12.5. The van der Waals surface area contributed by atoms with Gasteiger partial charge in [0.15, 0.2) is 0 Å². The highest BCUT2D eigenvalue weighted by atomic mass is 16.4. The number of nitrogens with zero attached hydrogens (tertiary/aromatic N) is 2. The standard InChI is InChI=1S/C18H23N3O3/c22-17(15-11-5-6-12(9-11)16(15)18(23)24)19-10-13-7-8-21(20-13)14-3-1-2-4-14/h5-8,11-12,14-16H,1-4,9-10H2,(H,19,22)(H,23,24)/t11-,12-,15+,16+/m0/s1. The largest absolute Gasteiger partial charge is 0.481 e. The third-order valence-electron chi connectivity index (χ3n) is 5.85. The molecule has 128 valence electrons. The van der Waals surface area contributed by atoms with E-state index in [1.54, 1.807) is 0 Å². The summed E-state index contributed by atoms with van der Waals surface area (Å²) in [6, 6.07) is 2.43. The number of allylic oxidation sites excluding steroid dienone is 2. The Morgan fingerprint density at radius 2 is 1.92 bits per heavy atom. The van der Waals surface area contributed by atoms with Crippen LogP contribution in [0.15, 0.2) is 24.4 Å². The minimum Gasteiger partial charge on any atom is -0.481 e. The van der Waals surface area contributed by atoms with Crippen LogP contribution in [0.5, 0.6) is 0 Å². The lowest BCUT2D eigenvalue weighted by molar-refractivity contribution is -0.147. The summed E-state index contributed by atoms with van der Waals surface area (Å²) in [5, 5.41) is 16.9. The first-order valence-electron chi connectivity index (χ1n) is 8.86. The minimum atomic E-state index is -0.863. The van der Waals surface area contributed by atoms with Crippen molar-refractivity contribution in [2.24, 2.45) is 23.7 Å². The minimum absolute atomic E-state index is 0.00447. The molecule has 4 rings (SSSR count). The molecule has 3 aliphatic rings. The van der Waals surface area contributed by atoms with Gasteiger partial charge in [-0.3, -0.25) is 14.3 Å². The van der Waals surface area contributed by atoms with Crippen molar-refractivity contribution in [1.29, 1.82) is 0 Å². The van der Waals surface area contributed by atoms with Crippen LogP contribution in [-0.2, 0) is 16.1 Å². The molecule has 1 heterocycles. The number of nitrogens with one attached hydrogen (secondary N) is 1. The van der Waals surface area contributed by atoms with Crippen LogP contribution in [0.1, 0.15) is 43.8 Å². The summed E-state index contributed by atoms with van der Waals surface area (Å²) in [4.78, 5) is 24.0. The Morgan fingerprint density at radius 3 is 2.62 bits per heavy atom. The number of carboxylic acids is 1. The number of hydrogen-bond acceptors (Lipinski definition) is 3. The van der Waals surface area contributed by atoms with Gasteiger partial charge in [-0.15, -0.1) is 0 Å². The van der Waals surface area contributed by atoms with Crippen LogP contribution >= 0.6 is 0 Å². The van der Waals surface area contributed by atoms with Crippen molar-refractivity contribution < 1.29 is 14.7 Å². The molecule has 1 amide bonds. The molecule has 2 bridgehead atoms. The van der Waals surface area contributed by atoms with E-state index in [1.807, 2.05) is 29.1 Å². The lowest BCUT2D eigenvalue weighted by Crippen LogP contribution is -2.40. The van der Waals surface area contributed by atoms with E-state index in [9.17, 15) is 14.7 Å². The molecule has 0 spiro atoms. The predicted octanol–water partition coefficient (Wildman–Crippen LogP) is 2.14. The highest BCUT2D eigenvalue weighted by Gasteiger charge is 2.51. The topological polar surface area (TPSA) is 84.2 Å². The zero-order valence-electron chi connectivity index (χ0n) is 13.6. The fourth-order valence-electron chi connectivity index (χ4n) is 4.66. The molecule has 1 aromatic rings. The number of hydrogen-bond donors (Lipinski definition) is 2. The molecule has 6 nitrogen and oxygen atoms in total. The zero-order chi connectivity index (χ0) is 16.7. The second kappa shape index (κ2) is 6.07. The van der Waals surface area contributed by atoms with E-state index in [-0.39, 0.29) is 17.7 Å². The number of carboxylic acid groups (broad SMARTS) is 1. The molecule has 24 heavy (non-hydrogen) atoms. The number of carbonyl (C=O) groups excluding carboxylic acids is 1. The van der Waals surface area contributed by atoms with Crippen molar-refractivity contribution in [3.63, 3.8) is 0 Å². The van der Waals surface area contributed by atoms with Crippen molar-refractivity contribution in [3.8, 4) is 0 Å². The Balaban J connectivity index is 1.38. The molecule has 0 aliphatic heterocycles. The Bertz CT molecular complexity index is 675. The van der Waals surface area contributed by atoms with Crippen molar-refractivity contribution in [2.45, 2.75) is 44.7 Å². The molecule has 0 saturated heterocycles. The van der Waals surface area contributed by atoms with E-state index in [2.05, 4.69) is 10.4 Å². The summed E-state index contributed by atoms with van der Waals surface area (Å²) >= 11 is 0. The zero-order valence-corrected chi connectivity index (χ0v) is 13.6. The van der Waals surface area contributed by atoms with E-state index in [1.165, 1.54) is 25.7 Å². The summed E-state index contributed by atoms with van der Waals surface area (Å²) < 4.78 is 2.01. The van der Waals surface area contributed by atoms with Gasteiger partial charge in [-0.25, -0.2) is 0 Å². The number of aromatic nitrogens is 2. The van der Waals surface area contributed by atoms with E-state index < -0.39 is 17.8 Å². The van der Waals surface area contributed by atoms with E-state index in [4.69, 9.17) is 0 Å². The van der Waals surface area contributed by atoms with Crippen LogP contribution in [0.4, 0.5) is 0 Å². The second-order valence-electron chi connectivity index (χ2n) is 7.28. The van der Waals surface area contributed by atoms with E-state index in [0.717, 1.165) is 12.1 Å². The molecule has 6 heteroatoms. The fourth-order valence-corrected chi connectivity index (χ4v) is 4.66. The molecule has 0 unspecified atom stereocenters. The van der Waals surface area contributed by atoms with Crippen LogP contribution in [0.3, 0.4) is 0 Å². The Kier molecular flexibility index (Phi) is 3.90. The third-order valence-corrected chi connectivity index (χ3v) is 5.85. The fraction of sp³-hybridized carbons (Fsp3) is 0.611. The Labute approximate surface area is 140 Å². The summed E-state index contributed by atoms with van der Waals surface area (Å²) in [6.07, 6.45) is 11.6. The van der Waals surface area contributed by atoms with E-state index in [0.29, 0.717) is 12.6 Å². The average molecular weight is 329 g/mol. The van der Waals surface area contributed by atoms with Gasteiger partial charge < -0.3 is 10.4 Å². The van der Waals surface area contributed by atoms with Crippen molar-refractivity contribution in [2.75, 3.05) is 0 Å². The van der Waals surface area contributed by atoms with Gasteiger partial charge in [0, 0.05) is 6.20 Å². The summed E-state index contributed by atoms with van der Waals surface area (Å²) in [5.41, 5.74) is 0.834. The number of aliphatic carboxylic acids is 1. The molecular weight excluding hydrogens is 306 g/mol. The highest BCUT2D eigenvalue weighted by molar-refractivity contribution is 5.86. The summed E-state index contributed by atoms with van der Waals surface area (Å²) in [7, 11) is 0. The number of fused-ring (bicyclic) bond motifs is 2. The predicted molar refractivity (Wildman–Crippen MR) is 86.9 cm³/mol. The molecule has 0 radical (unpaired) electrons. The highest BCUT2D eigenvalue weighted by Crippen LogP contribution is 2.48. The first kappa shape index (κ1) is 15.4. The van der Waals surface area contributed by atoms with Crippen molar-refractivity contribution in [1.82, 2.24) is 15.1 Å². The van der Waals surface area contributed by atoms with Crippen molar-refractivity contribution in [3.05, 3.63) is 30.1 Å². The van der Waals surface area contributed by atoms with Gasteiger partial charge >= 0.3 is 5.97 Å². The van der Waals surface area contributed by atoms with Gasteiger partial charge in [0.1, 0.15) is 0 Å². The SMILES string of the molecule is O=C(O)[C@H]1[C@H](C(=O)NCc2ccn(C3CCCC3)n2)[C@H]2C=C[C@H]1C2. The first-order chi connectivity index (χ1) is 11.6. The van der Waals surface area contributed by atoms with Gasteiger partial charge in [-0.1, -0.05) is 25.0 Å². The van der Waals surface area contributed by atoms with Crippen LogP contribution < -0.4 is 5.32 Å². The maximum atomic E-state index is 12.5. The van der Waals surface area contributed by atoms with Gasteiger partial charge in [0.25, 0.3) is 0 Å². The Morgan fingerprint density at radius 1 is 1.21 bits per heavy atom. The lowest BCUT2D eigenvalue weighted by atomic mass is 9.82. The van der Waals surface area contributed by atoms with Crippen LogP contribution in [0, 0.1) is 23.7 Å². The maximum Gasteiger partial charge on any atom is 0.307 e. The summed E-state index contributed by atoms with van der Waals surface area (Å²) in [5.74, 6) is -1.99. The van der Waals surface area contributed by atoms with E-state index >= 15 is 0 Å². The quantitative estimate of drug-likeness (QED) is 0.811. The monoisotopic (exact) mass is 329 g/mol. The smallest absolute Gasteiger partial charge is 0.307 e. The molecule has 0 aromatic carbocycles. The van der Waals surface area contributed by atoms with Gasteiger partial charge in [-0.05, 0) is 37.2 Å². The van der Waals surface area contributed by atoms with Gasteiger partial charge in [0.2, 0.25) is 5.91 Å². The third kappa shape index (κ3) is 2.64. The van der Waals surface area contributed by atoms with Crippen molar-refractivity contribution >= 4 is 11.9 Å². The van der Waals surface area contributed by atoms with Gasteiger partial charge in [-0.2, -0.15) is 5.10 Å². The van der Waals surface area contributed by atoms with Crippen LogP contribution in [-0.4, -0.2) is 26.8 Å². The molecule has 2 fully saturated rings. The first-order valence-corrected chi connectivity index (χ1v) is 8.86. The Hall–Kier alpha value is -2.11. The van der Waals surface area contributed by atoms with Crippen LogP contribution in [0.2, 0.25) is 0 Å². The number of amides is 1. The second-order valence-corrected chi connectivity index (χ2v) is 7.28. The van der Waals surface area contributed by atoms with Gasteiger partial charge in [0.05, 0.1) is 30.1 Å². The molecule has 4 atom stereocenters. The molecule has 2 saturated carbocycles. The molecule has 2 N–H and O–H groups in total. The molecule has 1 aromatic heterocycles. The summed E-state index contributed by atoms with van der Waals surface area (Å²) in [6.45, 7) is 0.364.